The molecule has 0 bridgehead atoms. The van der Waals surface area contributed by atoms with Gasteiger partial charge in [0.2, 0.25) is 0 Å². The van der Waals surface area contributed by atoms with Crippen LogP contribution in [0, 0.1) is 13.8 Å². The number of benzene rings is 1. The third kappa shape index (κ3) is 3.21. The highest BCUT2D eigenvalue weighted by atomic mass is 32.1. The highest BCUT2D eigenvalue weighted by Crippen LogP contribution is 2.28. The molecule has 1 N–H and O–H groups in total. The predicted molar refractivity (Wildman–Crippen MR) is 78.1 cm³/mol. The lowest BCUT2D eigenvalue weighted by Gasteiger charge is -2.24. The highest BCUT2D eigenvalue weighted by Gasteiger charge is 2.23. The van der Waals surface area contributed by atoms with Crippen molar-refractivity contribution in [3.05, 3.63) is 57.3 Å². The lowest BCUT2D eigenvalue weighted by atomic mass is 9.89. The van der Waals surface area contributed by atoms with E-state index in [1.165, 1.54) is 16.0 Å². The first-order valence-corrected chi connectivity index (χ1v) is 7.19. The molecule has 2 aromatic rings. The van der Waals surface area contributed by atoms with Crippen molar-refractivity contribution in [1.29, 1.82) is 0 Å². The van der Waals surface area contributed by atoms with Gasteiger partial charge in [-0.05, 0) is 50.6 Å². The Morgan fingerprint density at radius 3 is 2.39 bits per heavy atom. The monoisotopic (exact) mass is 260 g/mol. The van der Waals surface area contributed by atoms with Crippen LogP contribution in [0.2, 0.25) is 0 Å². The van der Waals surface area contributed by atoms with Crippen LogP contribution in [0.4, 0.5) is 0 Å². The van der Waals surface area contributed by atoms with Crippen molar-refractivity contribution in [2.45, 2.75) is 39.2 Å². The fourth-order valence-electron chi connectivity index (χ4n) is 2.25. The maximum atomic E-state index is 10.6. The van der Waals surface area contributed by atoms with Crippen LogP contribution in [-0.2, 0) is 12.0 Å². The predicted octanol–water partition coefficient (Wildman–Crippen LogP) is 4.21. The second-order valence-electron chi connectivity index (χ2n) is 5.23. The zero-order chi connectivity index (χ0) is 13.2. The van der Waals surface area contributed by atoms with Gasteiger partial charge in [0.25, 0.3) is 0 Å². The molecule has 1 aromatic carbocycles. The number of aliphatic hydroxyl groups is 1. The number of hydrogen-bond donors (Lipinski definition) is 1. The third-order valence-electron chi connectivity index (χ3n) is 3.28. The summed E-state index contributed by atoms with van der Waals surface area (Å²) in [5.74, 6) is 0. The first kappa shape index (κ1) is 13.3. The Morgan fingerprint density at radius 1 is 1.17 bits per heavy atom. The van der Waals surface area contributed by atoms with Crippen LogP contribution in [0.25, 0.3) is 0 Å². The van der Waals surface area contributed by atoms with Crippen LogP contribution in [-0.4, -0.2) is 5.11 Å². The molecule has 0 aliphatic rings. The van der Waals surface area contributed by atoms with E-state index in [2.05, 4.69) is 49.6 Å². The summed E-state index contributed by atoms with van der Waals surface area (Å²) in [4.78, 5) is 1.33. The van der Waals surface area contributed by atoms with Gasteiger partial charge in [-0.3, -0.25) is 0 Å². The fourth-order valence-corrected chi connectivity index (χ4v) is 2.96. The Hall–Kier alpha value is -1.12. The molecule has 1 atom stereocenters. The molecule has 0 spiro atoms. The Morgan fingerprint density at radius 2 is 1.83 bits per heavy atom. The molecular formula is C16H20OS. The molecule has 0 fully saturated rings. The molecule has 0 radical (unpaired) electrons. The van der Waals surface area contributed by atoms with Crippen LogP contribution >= 0.6 is 11.3 Å². The van der Waals surface area contributed by atoms with Crippen molar-refractivity contribution in [2.24, 2.45) is 0 Å². The summed E-state index contributed by atoms with van der Waals surface area (Å²) in [5.41, 5.74) is 2.69. The van der Waals surface area contributed by atoms with E-state index in [9.17, 15) is 5.11 Å². The van der Waals surface area contributed by atoms with E-state index in [4.69, 9.17) is 0 Å². The lowest BCUT2D eigenvalue weighted by molar-refractivity contribution is 0.0481. The van der Waals surface area contributed by atoms with Gasteiger partial charge in [-0.2, -0.15) is 0 Å². The first-order chi connectivity index (χ1) is 8.47. The minimum absolute atomic E-state index is 0.749. The van der Waals surface area contributed by atoms with E-state index in [-0.39, 0.29) is 0 Å². The summed E-state index contributed by atoms with van der Waals surface area (Å²) in [7, 11) is 0. The van der Waals surface area contributed by atoms with E-state index in [1.807, 2.05) is 6.92 Å². The molecule has 96 valence electrons. The van der Waals surface area contributed by atoms with Crippen LogP contribution in [0.3, 0.4) is 0 Å². The average molecular weight is 260 g/mol. The van der Waals surface area contributed by atoms with Gasteiger partial charge in [0.05, 0.1) is 5.60 Å². The number of rotatable bonds is 4. The maximum Gasteiger partial charge on any atom is 0.0872 e. The van der Waals surface area contributed by atoms with Crippen molar-refractivity contribution in [3.63, 3.8) is 0 Å². The quantitative estimate of drug-likeness (QED) is 0.873. The Labute approximate surface area is 113 Å². The van der Waals surface area contributed by atoms with Gasteiger partial charge in [-0.15, -0.1) is 11.3 Å². The molecule has 0 saturated heterocycles. The molecule has 1 aromatic heterocycles. The van der Waals surface area contributed by atoms with Gasteiger partial charge in [0.1, 0.15) is 0 Å². The van der Waals surface area contributed by atoms with E-state index in [0.29, 0.717) is 0 Å². The molecule has 2 rings (SSSR count). The SMILES string of the molecule is Cc1cc(C)cc(C(C)(O)CCc2cccs2)c1. The van der Waals surface area contributed by atoms with E-state index in [1.54, 1.807) is 11.3 Å². The van der Waals surface area contributed by atoms with E-state index < -0.39 is 5.60 Å². The Balaban J connectivity index is 2.14. The van der Waals surface area contributed by atoms with Gasteiger partial charge < -0.3 is 5.11 Å². The van der Waals surface area contributed by atoms with Gasteiger partial charge >= 0.3 is 0 Å². The first-order valence-electron chi connectivity index (χ1n) is 6.31. The summed E-state index contributed by atoms with van der Waals surface area (Å²) in [6.07, 6.45) is 1.69. The van der Waals surface area contributed by atoms with Crippen LogP contribution in [0.1, 0.15) is 34.9 Å². The topological polar surface area (TPSA) is 20.2 Å². The molecule has 0 saturated carbocycles. The lowest BCUT2D eigenvalue weighted by Crippen LogP contribution is -2.22. The molecule has 0 aliphatic heterocycles. The van der Waals surface area contributed by atoms with Gasteiger partial charge in [0, 0.05) is 4.88 Å². The Kier molecular flexibility index (Phi) is 3.88. The highest BCUT2D eigenvalue weighted by molar-refractivity contribution is 7.09. The van der Waals surface area contributed by atoms with Crippen LogP contribution in [0.5, 0.6) is 0 Å². The largest absolute Gasteiger partial charge is 0.385 e. The maximum absolute atomic E-state index is 10.6. The summed E-state index contributed by atoms with van der Waals surface area (Å²) in [6, 6.07) is 10.5. The molecule has 1 unspecified atom stereocenters. The third-order valence-corrected chi connectivity index (χ3v) is 4.22. The van der Waals surface area contributed by atoms with Crippen molar-refractivity contribution < 1.29 is 5.11 Å². The summed E-state index contributed by atoms with van der Waals surface area (Å²) in [5, 5.41) is 12.7. The molecular weight excluding hydrogens is 240 g/mol. The molecule has 1 nitrogen and oxygen atoms in total. The standard InChI is InChI=1S/C16H20OS/c1-12-9-13(2)11-14(10-12)16(3,17)7-6-15-5-4-8-18-15/h4-5,8-11,17H,6-7H2,1-3H3. The second-order valence-corrected chi connectivity index (χ2v) is 6.26. The molecule has 0 aliphatic carbocycles. The minimum Gasteiger partial charge on any atom is -0.385 e. The molecule has 18 heavy (non-hydrogen) atoms. The van der Waals surface area contributed by atoms with Crippen molar-refractivity contribution in [3.8, 4) is 0 Å². The number of aryl methyl sites for hydroxylation is 3. The van der Waals surface area contributed by atoms with Gasteiger partial charge in [-0.1, -0.05) is 35.4 Å². The zero-order valence-electron chi connectivity index (χ0n) is 11.2. The average Bonchev–Trinajstić information content (AvgIpc) is 2.78. The number of hydrogen-bond acceptors (Lipinski definition) is 2. The van der Waals surface area contributed by atoms with E-state index in [0.717, 1.165) is 18.4 Å². The molecule has 2 heteroatoms. The Bertz CT molecular complexity index is 492. The summed E-state index contributed by atoms with van der Waals surface area (Å²) >= 11 is 1.75. The summed E-state index contributed by atoms with van der Waals surface area (Å²) < 4.78 is 0. The normalized spacial score (nSPS) is 14.4. The van der Waals surface area contributed by atoms with Crippen LogP contribution < -0.4 is 0 Å². The van der Waals surface area contributed by atoms with Gasteiger partial charge in [0.15, 0.2) is 0 Å². The van der Waals surface area contributed by atoms with Crippen molar-refractivity contribution in [2.75, 3.05) is 0 Å². The zero-order valence-corrected chi connectivity index (χ0v) is 12.1. The minimum atomic E-state index is -0.749. The molecule has 0 amide bonds. The fraction of sp³-hybridized carbons (Fsp3) is 0.375. The van der Waals surface area contributed by atoms with Crippen LogP contribution in [0.15, 0.2) is 35.7 Å². The van der Waals surface area contributed by atoms with E-state index >= 15 is 0 Å². The van der Waals surface area contributed by atoms with Crippen molar-refractivity contribution in [1.82, 2.24) is 0 Å². The van der Waals surface area contributed by atoms with Crippen molar-refractivity contribution >= 4 is 11.3 Å². The second kappa shape index (κ2) is 5.25. The smallest absolute Gasteiger partial charge is 0.0872 e. The number of thiophene rings is 1. The molecule has 1 heterocycles. The summed E-state index contributed by atoms with van der Waals surface area (Å²) in [6.45, 7) is 6.06. The van der Waals surface area contributed by atoms with Gasteiger partial charge in [-0.25, -0.2) is 0 Å².